The van der Waals surface area contributed by atoms with Gasteiger partial charge in [0.1, 0.15) is 18.1 Å². The molecule has 0 atom stereocenters. The molecule has 0 spiro atoms. The first-order valence-corrected chi connectivity index (χ1v) is 6.29. The minimum Gasteiger partial charge on any atom is -0.496 e. The molecule has 2 rings (SSSR count). The molecule has 1 heterocycles. The van der Waals surface area contributed by atoms with Crippen LogP contribution in [0.3, 0.4) is 0 Å². The van der Waals surface area contributed by atoms with E-state index in [9.17, 15) is 14.0 Å². The molecule has 0 saturated carbocycles. The first kappa shape index (κ1) is 14.9. The van der Waals surface area contributed by atoms with Gasteiger partial charge in [-0.15, -0.1) is 0 Å². The first-order valence-electron chi connectivity index (χ1n) is 5.88. The van der Waals surface area contributed by atoms with Crippen LogP contribution in [-0.4, -0.2) is 22.6 Å². The summed E-state index contributed by atoms with van der Waals surface area (Å²) < 4.78 is 20.0. The fourth-order valence-corrected chi connectivity index (χ4v) is 2.20. The van der Waals surface area contributed by atoms with E-state index in [2.05, 4.69) is 4.98 Å². The van der Waals surface area contributed by atoms with Gasteiger partial charge in [-0.3, -0.25) is 14.6 Å². The fourth-order valence-electron chi connectivity index (χ4n) is 1.94. The molecule has 0 bridgehead atoms. The Labute approximate surface area is 124 Å². The maximum Gasteiger partial charge on any atom is 0.252 e. The van der Waals surface area contributed by atoms with Crippen LogP contribution in [-0.2, 0) is 11.3 Å². The summed E-state index contributed by atoms with van der Waals surface area (Å²) in [6, 6.07) is 5.04. The van der Waals surface area contributed by atoms with Crippen molar-refractivity contribution in [2.45, 2.75) is 6.54 Å². The quantitative estimate of drug-likeness (QED) is 0.831. The number of amides is 1. The van der Waals surface area contributed by atoms with E-state index in [-0.39, 0.29) is 17.0 Å². The lowest BCUT2D eigenvalue weighted by Crippen LogP contribution is -2.23. The minimum atomic E-state index is -0.644. The number of ether oxygens (including phenoxy) is 1. The average Bonchev–Trinajstić information content (AvgIpc) is 2.41. The minimum absolute atomic E-state index is 0.0163. The van der Waals surface area contributed by atoms with E-state index in [1.165, 1.54) is 35.9 Å². The Bertz CT molecular complexity index is 813. The highest BCUT2D eigenvalue weighted by Gasteiger charge is 2.14. The molecule has 0 aliphatic rings. The number of benzene rings is 1. The first-order chi connectivity index (χ1) is 9.92. The van der Waals surface area contributed by atoms with Crippen LogP contribution in [0, 0.1) is 10.6 Å². The largest absolute Gasteiger partial charge is 0.496 e. The zero-order valence-electron chi connectivity index (χ0n) is 11.1. The molecular weight excluding hydrogens is 297 g/mol. The molecule has 110 valence electrons. The molecule has 1 aromatic carbocycles. The highest BCUT2D eigenvalue weighted by molar-refractivity contribution is 7.71. The van der Waals surface area contributed by atoms with Gasteiger partial charge in [-0.2, -0.15) is 0 Å². The van der Waals surface area contributed by atoms with E-state index < -0.39 is 17.3 Å². The standard InChI is InChI=1S/C13H12FN3O3S/c1-20-10-3-2-7(14)4-8(10)9-5-12(19)16-13(21)17(9)6-11(15)18/h2-5H,6H2,1H3,(H2,15,18)(H,16,19,21). The van der Waals surface area contributed by atoms with Crippen molar-refractivity contribution in [3.63, 3.8) is 0 Å². The molecular formula is C13H12FN3O3S. The Morgan fingerprint density at radius 1 is 1.48 bits per heavy atom. The van der Waals surface area contributed by atoms with Crippen molar-refractivity contribution in [2.75, 3.05) is 7.11 Å². The van der Waals surface area contributed by atoms with Crippen LogP contribution < -0.4 is 16.0 Å². The normalized spacial score (nSPS) is 10.4. The second-order valence-corrected chi connectivity index (χ2v) is 4.61. The summed E-state index contributed by atoms with van der Waals surface area (Å²) in [6.07, 6.45) is 0. The maximum atomic E-state index is 13.5. The topological polar surface area (TPSA) is 90.1 Å². The number of nitrogens with two attached hydrogens (primary N) is 1. The van der Waals surface area contributed by atoms with E-state index in [0.717, 1.165) is 0 Å². The van der Waals surface area contributed by atoms with Crippen molar-refractivity contribution < 1.29 is 13.9 Å². The average molecular weight is 309 g/mol. The van der Waals surface area contributed by atoms with Crippen LogP contribution in [0.25, 0.3) is 11.3 Å². The number of carbonyl (C=O) groups is 1. The third kappa shape index (κ3) is 3.16. The van der Waals surface area contributed by atoms with E-state index in [0.29, 0.717) is 11.3 Å². The second kappa shape index (κ2) is 5.88. The maximum absolute atomic E-state index is 13.5. The van der Waals surface area contributed by atoms with Crippen molar-refractivity contribution in [1.82, 2.24) is 9.55 Å². The predicted octanol–water partition coefficient (Wildman–Crippen LogP) is 1.21. The summed E-state index contributed by atoms with van der Waals surface area (Å²) in [7, 11) is 1.41. The number of methoxy groups -OCH3 is 1. The van der Waals surface area contributed by atoms with Crippen LogP contribution in [0.2, 0.25) is 0 Å². The van der Waals surface area contributed by atoms with Crippen LogP contribution in [0.1, 0.15) is 0 Å². The lowest BCUT2D eigenvalue weighted by Gasteiger charge is -2.14. The van der Waals surface area contributed by atoms with Gasteiger partial charge in [0.05, 0.1) is 12.8 Å². The summed E-state index contributed by atoms with van der Waals surface area (Å²) >= 11 is 5.02. The lowest BCUT2D eigenvalue weighted by molar-refractivity contribution is -0.118. The molecule has 0 saturated heterocycles. The monoisotopic (exact) mass is 309 g/mol. The Morgan fingerprint density at radius 2 is 2.19 bits per heavy atom. The summed E-state index contributed by atoms with van der Waals surface area (Å²) in [4.78, 5) is 25.2. The number of nitrogens with one attached hydrogen (secondary N) is 1. The molecule has 6 nitrogen and oxygen atoms in total. The summed E-state index contributed by atoms with van der Waals surface area (Å²) in [5.41, 5.74) is 5.26. The van der Waals surface area contributed by atoms with Gasteiger partial charge in [0, 0.05) is 11.6 Å². The van der Waals surface area contributed by atoms with E-state index >= 15 is 0 Å². The zero-order chi connectivity index (χ0) is 15.6. The van der Waals surface area contributed by atoms with Crippen molar-refractivity contribution in [1.29, 1.82) is 0 Å². The zero-order valence-corrected chi connectivity index (χ0v) is 11.9. The molecule has 0 aliphatic carbocycles. The molecule has 0 radical (unpaired) electrons. The lowest BCUT2D eigenvalue weighted by atomic mass is 10.1. The van der Waals surface area contributed by atoms with Crippen molar-refractivity contribution in [2.24, 2.45) is 5.73 Å². The SMILES string of the molecule is COc1ccc(F)cc1-c1cc(=O)[nH]c(=S)n1CC(N)=O. The van der Waals surface area contributed by atoms with Crippen LogP contribution >= 0.6 is 12.2 Å². The van der Waals surface area contributed by atoms with Gasteiger partial charge >= 0.3 is 0 Å². The number of hydrogen-bond acceptors (Lipinski definition) is 4. The second-order valence-electron chi connectivity index (χ2n) is 4.22. The number of hydrogen-bond donors (Lipinski definition) is 2. The predicted molar refractivity (Wildman–Crippen MR) is 77.0 cm³/mol. The van der Waals surface area contributed by atoms with Gasteiger partial charge in [0.25, 0.3) is 5.56 Å². The van der Waals surface area contributed by atoms with Crippen LogP contribution in [0.5, 0.6) is 5.75 Å². The van der Waals surface area contributed by atoms with Gasteiger partial charge in [-0.05, 0) is 30.4 Å². The number of primary amides is 1. The number of nitrogens with zero attached hydrogens (tertiary/aromatic N) is 1. The molecule has 3 N–H and O–H groups in total. The van der Waals surface area contributed by atoms with Crippen molar-refractivity contribution >= 4 is 18.1 Å². The van der Waals surface area contributed by atoms with E-state index in [1.54, 1.807) is 0 Å². The highest BCUT2D eigenvalue weighted by Crippen LogP contribution is 2.29. The molecule has 0 fully saturated rings. The molecule has 8 heteroatoms. The van der Waals surface area contributed by atoms with Gasteiger partial charge in [-0.25, -0.2) is 4.39 Å². The number of aromatic amines is 1. The Kier molecular flexibility index (Phi) is 4.18. The van der Waals surface area contributed by atoms with E-state index in [4.69, 9.17) is 22.7 Å². The molecule has 1 amide bonds. The van der Waals surface area contributed by atoms with Crippen molar-refractivity contribution in [3.8, 4) is 17.0 Å². The highest BCUT2D eigenvalue weighted by atomic mass is 32.1. The molecule has 2 aromatic rings. The van der Waals surface area contributed by atoms with Gasteiger partial charge in [0.2, 0.25) is 5.91 Å². The molecule has 21 heavy (non-hydrogen) atoms. The third-order valence-corrected chi connectivity index (χ3v) is 3.11. The van der Waals surface area contributed by atoms with E-state index in [1.807, 2.05) is 0 Å². The third-order valence-electron chi connectivity index (χ3n) is 2.79. The van der Waals surface area contributed by atoms with Gasteiger partial charge in [-0.1, -0.05) is 0 Å². The smallest absolute Gasteiger partial charge is 0.252 e. The number of rotatable bonds is 4. The van der Waals surface area contributed by atoms with Crippen LogP contribution in [0.4, 0.5) is 4.39 Å². The van der Waals surface area contributed by atoms with Crippen LogP contribution in [0.15, 0.2) is 29.1 Å². The summed E-state index contributed by atoms with van der Waals surface area (Å²) in [5.74, 6) is -0.813. The number of carbonyl (C=O) groups excluding carboxylic acids is 1. The van der Waals surface area contributed by atoms with Gasteiger partial charge < -0.3 is 15.0 Å². The van der Waals surface area contributed by atoms with Gasteiger partial charge in [0.15, 0.2) is 4.77 Å². The number of halogens is 1. The van der Waals surface area contributed by atoms with Crippen molar-refractivity contribution in [3.05, 3.63) is 45.2 Å². The Hall–Kier alpha value is -2.48. The Morgan fingerprint density at radius 3 is 2.81 bits per heavy atom. The number of aromatic nitrogens is 2. The fraction of sp³-hybridized carbons (Fsp3) is 0.154. The Balaban J connectivity index is 2.79. The molecule has 0 unspecified atom stereocenters. The number of H-pyrrole nitrogens is 1. The molecule has 0 aliphatic heterocycles. The molecule has 1 aromatic heterocycles. The summed E-state index contributed by atoms with van der Waals surface area (Å²) in [5, 5.41) is 0. The summed E-state index contributed by atoms with van der Waals surface area (Å²) in [6.45, 7) is -0.245.